The van der Waals surface area contributed by atoms with E-state index in [1.165, 1.54) is 4.68 Å². The third-order valence-electron chi connectivity index (χ3n) is 5.07. The molecule has 0 radical (unpaired) electrons. The summed E-state index contributed by atoms with van der Waals surface area (Å²) in [5.41, 5.74) is 2.04. The van der Waals surface area contributed by atoms with Crippen molar-refractivity contribution >= 4 is 23.7 Å². The second-order valence-corrected chi connectivity index (χ2v) is 8.79. The summed E-state index contributed by atoms with van der Waals surface area (Å²) >= 11 is 1.13. The molecule has 1 aromatic carbocycles. The summed E-state index contributed by atoms with van der Waals surface area (Å²) in [6.45, 7) is 5.78. The Balaban J connectivity index is 1.53. The van der Waals surface area contributed by atoms with E-state index in [0.717, 1.165) is 54.3 Å². The Morgan fingerprint density at radius 3 is 2.60 bits per heavy atom. The number of aryl methyl sites for hydroxylation is 2. The van der Waals surface area contributed by atoms with Crippen molar-refractivity contribution in [3.05, 3.63) is 35.2 Å². The fourth-order valence-corrected chi connectivity index (χ4v) is 4.16. The van der Waals surface area contributed by atoms with Gasteiger partial charge in [-0.05, 0) is 44.7 Å². The zero-order valence-corrected chi connectivity index (χ0v) is 18.3. The normalized spacial score (nSPS) is 15.0. The van der Waals surface area contributed by atoms with Gasteiger partial charge in [0.15, 0.2) is 5.82 Å². The zero-order valence-electron chi connectivity index (χ0n) is 17.5. The molecule has 9 nitrogen and oxygen atoms in total. The molecule has 0 saturated heterocycles. The van der Waals surface area contributed by atoms with E-state index in [9.17, 15) is 9.59 Å². The Morgan fingerprint density at radius 1 is 1.27 bits per heavy atom. The third kappa shape index (κ3) is 5.44. The average Bonchev–Trinajstić information content (AvgIpc) is 3.32. The second kappa shape index (κ2) is 9.84. The molecule has 4 N–H and O–H groups in total. The standard InChI is InChI=1S/C20H28N6O3S/c1-12-7-6-8-13(2)17(12)29-11-16-24-25-20(26(16)21)30-14(3)18(27)23-19(28)22-15-9-4-5-10-15/h6-8,14-15H,4-5,9-11,21H2,1-3H3,(H2,22,23,27,28). The summed E-state index contributed by atoms with van der Waals surface area (Å²) < 4.78 is 7.18. The lowest BCUT2D eigenvalue weighted by Gasteiger charge is -2.14. The first-order chi connectivity index (χ1) is 14.3. The molecular weight excluding hydrogens is 404 g/mol. The number of nitrogens with zero attached hydrogens (tertiary/aromatic N) is 3. The van der Waals surface area contributed by atoms with Crippen LogP contribution in [-0.2, 0) is 11.4 Å². The number of rotatable bonds is 7. The maximum Gasteiger partial charge on any atom is 0.321 e. The van der Waals surface area contributed by atoms with Gasteiger partial charge in [-0.2, -0.15) is 0 Å². The molecular formula is C20H28N6O3S. The molecule has 3 rings (SSSR count). The molecule has 2 aromatic rings. The van der Waals surface area contributed by atoms with Gasteiger partial charge in [0, 0.05) is 6.04 Å². The quantitative estimate of drug-likeness (QED) is 0.453. The number of imide groups is 1. The maximum atomic E-state index is 12.3. The highest BCUT2D eigenvalue weighted by molar-refractivity contribution is 8.00. The van der Waals surface area contributed by atoms with Gasteiger partial charge in [0.2, 0.25) is 11.1 Å². The van der Waals surface area contributed by atoms with Crippen LogP contribution in [-0.4, -0.2) is 38.1 Å². The minimum Gasteiger partial charge on any atom is -0.485 e. The number of thioether (sulfide) groups is 1. The molecule has 3 amide bonds. The van der Waals surface area contributed by atoms with Crippen LogP contribution in [0.25, 0.3) is 0 Å². The molecule has 1 heterocycles. The number of nitrogens with two attached hydrogens (primary N) is 1. The molecule has 0 bridgehead atoms. The van der Waals surface area contributed by atoms with Gasteiger partial charge in [0.1, 0.15) is 12.4 Å². The van der Waals surface area contributed by atoms with Crippen LogP contribution in [0, 0.1) is 13.8 Å². The van der Waals surface area contributed by atoms with Crippen molar-refractivity contribution in [1.29, 1.82) is 0 Å². The van der Waals surface area contributed by atoms with E-state index < -0.39 is 17.2 Å². The Morgan fingerprint density at radius 2 is 1.93 bits per heavy atom. The first-order valence-electron chi connectivity index (χ1n) is 10.0. The van der Waals surface area contributed by atoms with Crippen LogP contribution in [0.3, 0.4) is 0 Å². The molecule has 0 aliphatic heterocycles. The number of urea groups is 1. The predicted octanol–water partition coefficient (Wildman–Crippen LogP) is 2.44. The molecule has 1 aliphatic rings. The number of para-hydroxylation sites is 1. The number of carbonyl (C=O) groups excluding carboxylic acids is 2. The lowest BCUT2D eigenvalue weighted by atomic mass is 10.1. The van der Waals surface area contributed by atoms with Gasteiger partial charge in [-0.15, -0.1) is 10.2 Å². The van der Waals surface area contributed by atoms with Crippen molar-refractivity contribution in [2.24, 2.45) is 0 Å². The number of hydrogen-bond acceptors (Lipinski definition) is 7. The van der Waals surface area contributed by atoms with Crippen molar-refractivity contribution < 1.29 is 14.3 Å². The van der Waals surface area contributed by atoms with Crippen LogP contribution in [0.5, 0.6) is 5.75 Å². The van der Waals surface area contributed by atoms with Crippen molar-refractivity contribution in [1.82, 2.24) is 25.5 Å². The summed E-state index contributed by atoms with van der Waals surface area (Å²) in [7, 11) is 0. The monoisotopic (exact) mass is 432 g/mol. The topological polar surface area (TPSA) is 124 Å². The molecule has 10 heteroatoms. The van der Waals surface area contributed by atoms with E-state index in [-0.39, 0.29) is 12.6 Å². The van der Waals surface area contributed by atoms with Crippen molar-refractivity contribution in [2.75, 3.05) is 5.84 Å². The van der Waals surface area contributed by atoms with Crippen molar-refractivity contribution in [3.63, 3.8) is 0 Å². The number of nitrogens with one attached hydrogen (secondary N) is 2. The highest BCUT2D eigenvalue weighted by Crippen LogP contribution is 2.24. The summed E-state index contributed by atoms with van der Waals surface area (Å²) in [6, 6.07) is 5.60. The minimum absolute atomic E-state index is 0.146. The summed E-state index contributed by atoms with van der Waals surface area (Å²) in [6.07, 6.45) is 4.11. The second-order valence-electron chi connectivity index (χ2n) is 7.48. The SMILES string of the molecule is Cc1cccc(C)c1OCc1nnc(SC(C)C(=O)NC(=O)NC2CCCC2)n1N. The molecule has 1 fully saturated rings. The van der Waals surface area contributed by atoms with Gasteiger partial charge >= 0.3 is 6.03 Å². The molecule has 162 valence electrons. The number of benzene rings is 1. The largest absolute Gasteiger partial charge is 0.485 e. The fraction of sp³-hybridized carbons (Fsp3) is 0.500. The van der Waals surface area contributed by atoms with Crippen LogP contribution >= 0.6 is 11.8 Å². The van der Waals surface area contributed by atoms with Crippen LogP contribution in [0.4, 0.5) is 4.79 Å². The number of ether oxygens (including phenoxy) is 1. The van der Waals surface area contributed by atoms with Gasteiger partial charge in [0.25, 0.3) is 0 Å². The van der Waals surface area contributed by atoms with E-state index in [1.807, 2.05) is 32.0 Å². The van der Waals surface area contributed by atoms with Gasteiger partial charge in [-0.25, -0.2) is 9.47 Å². The smallest absolute Gasteiger partial charge is 0.321 e. The highest BCUT2D eigenvalue weighted by Gasteiger charge is 2.23. The van der Waals surface area contributed by atoms with Gasteiger partial charge < -0.3 is 15.9 Å². The van der Waals surface area contributed by atoms with Crippen molar-refractivity contribution in [2.45, 2.75) is 69.5 Å². The number of nitrogen functional groups attached to an aromatic ring is 1. The van der Waals surface area contributed by atoms with E-state index in [1.54, 1.807) is 6.92 Å². The lowest BCUT2D eigenvalue weighted by molar-refractivity contribution is -0.119. The first kappa shape index (κ1) is 21.9. The van der Waals surface area contributed by atoms with Crippen LogP contribution < -0.4 is 21.2 Å². The van der Waals surface area contributed by atoms with Gasteiger partial charge in [-0.1, -0.05) is 42.8 Å². The maximum absolute atomic E-state index is 12.3. The van der Waals surface area contributed by atoms with E-state index in [4.69, 9.17) is 10.6 Å². The van der Waals surface area contributed by atoms with Crippen molar-refractivity contribution in [3.8, 4) is 5.75 Å². The number of carbonyl (C=O) groups is 2. The summed E-state index contributed by atoms with van der Waals surface area (Å²) in [5.74, 6) is 6.90. The Kier molecular flexibility index (Phi) is 7.20. The summed E-state index contributed by atoms with van der Waals surface area (Å²) in [4.78, 5) is 24.3. The third-order valence-corrected chi connectivity index (χ3v) is 6.12. The summed E-state index contributed by atoms with van der Waals surface area (Å²) in [5, 5.41) is 13.1. The van der Waals surface area contributed by atoms with Gasteiger partial charge in [-0.3, -0.25) is 10.1 Å². The van der Waals surface area contributed by atoms with E-state index >= 15 is 0 Å². The lowest BCUT2D eigenvalue weighted by Crippen LogP contribution is -2.46. The molecule has 1 aromatic heterocycles. The fourth-order valence-electron chi connectivity index (χ4n) is 3.37. The Bertz CT molecular complexity index is 890. The Hall–Kier alpha value is -2.75. The highest BCUT2D eigenvalue weighted by atomic mass is 32.2. The molecule has 1 atom stereocenters. The minimum atomic E-state index is -0.571. The molecule has 1 aliphatic carbocycles. The van der Waals surface area contributed by atoms with Crippen LogP contribution in [0.2, 0.25) is 0 Å². The first-order valence-corrected chi connectivity index (χ1v) is 10.9. The number of aromatic nitrogens is 3. The van der Waals surface area contributed by atoms with E-state index in [2.05, 4.69) is 20.8 Å². The Labute approximate surface area is 180 Å². The molecule has 0 spiro atoms. The van der Waals surface area contributed by atoms with E-state index in [0.29, 0.717) is 11.0 Å². The number of hydrogen-bond donors (Lipinski definition) is 3. The number of amides is 3. The van der Waals surface area contributed by atoms with Crippen LogP contribution in [0.15, 0.2) is 23.4 Å². The van der Waals surface area contributed by atoms with Crippen LogP contribution in [0.1, 0.15) is 49.6 Å². The zero-order chi connectivity index (χ0) is 21.7. The molecule has 1 saturated carbocycles. The average molecular weight is 433 g/mol. The molecule has 1 unspecified atom stereocenters. The van der Waals surface area contributed by atoms with Gasteiger partial charge in [0.05, 0.1) is 5.25 Å². The molecule has 30 heavy (non-hydrogen) atoms. The predicted molar refractivity (Wildman–Crippen MR) is 115 cm³/mol.